The predicted molar refractivity (Wildman–Crippen MR) is 46.2 cm³/mol. The monoisotopic (exact) mass is 158 g/mol. The van der Waals surface area contributed by atoms with Gasteiger partial charge < -0.3 is 9.59 Å². The van der Waals surface area contributed by atoms with Gasteiger partial charge in [0.15, 0.2) is 0 Å². The summed E-state index contributed by atoms with van der Waals surface area (Å²) >= 11 is 0. The van der Waals surface area contributed by atoms with E-state index in [0.717, 1.165) is 4.48 Å². The van der Waals surface area contributed by atoms with Gasteiger partial charge in [0.25, 0.3) is 0 Å². The average molecular weight is 158 g/mol. The summed E-state index contributed by atoms with van der Waals surface area (Å²) in [4.78, 5) is 0. The molecule has 2 nitrogen and oxygen atoms in total. The lowest BCUT2D eigenvalue weighted by Gasteiger charge is -2.38. The first kappa shape index (κ1) is 9.01. The number of likely N-dealkylation sites (tertiary alicyclic amines) is 1. The molecule has 0 unspecified atom stereocenters. The lowest BCUT2D eigenvalue weighted by atomic mass is 9.91. The summed E-state index contributed by atoms with van der Waals surface area (Å²) in [6.45, 7) is 4.35. The van der Waals surface area contributed by atoms with Crippen molar-refractivity contribution in [2.45, 2.75) is 25.9 Å². The van der Waals surface area contributed by atoms with Crippen molar-refractivity contribution < 1.29 is 9.59 Å². The predicted octanol–water partition coefficient (Wildman–Crippen LogP) is 0.854. The Balaban J connectivity index is 2.36. The first-order valence-corrected chi connectivity index (χ1v) is 4.51. The molecule has 0 aliphatic carbocycles. The van der Waals surface area contributed by atoms with E-state index in [9.17, 15) is 5.11 Å². The standard InChI is InChI=1S/C9H20NO/c1-8(11)9-4-6-10(2,3)7-5-9/h8-9,11H,4-7H2,1-3H3/q+1/t8-/m0/s1. The molecule has 1 fully saturated rings. The van der Waals surface area contributed by atoms with Gasteiger partial charge in [0.2, 0.25) is 0 Å². The number of quaternary nitrogens is 1. The fourth-order valence-corrected chi connectivity index (χ4v) is 1.77. The zero-order valence-corrected chi connectivity index (χ0v) is 7.88. The summed E-state index contributed by atoms with van der Waals surface area (Å²) in [5, 5.41) is 9.34. The SMILES string of the molecule is C[C@H](O)C1CC[N+](C)(C)CC1. The summed E-state index contributed by atoms with van der Waals surface area (Å²) in [5.41, 5.74) is 0. The first-order valence-electron chi connectivity index (χ1n) is 4.51. The third kappa shape index (κ3) is 2.46. The number of aliphatic hydroxyl groups is 1. The molecule has 66 valence electrons. The molecular weight excluding hydrogens is 138 g/mol. The van der Waals surface area contributed by atoms with E-state index < -0.39 is 0 Å². The number of piperidine rings is 1. The molecule has 1 rings (SSSR count). The fraction of sp³-hybridized carbons (Fsp3) is 1.00. The quantitative estimate of drug-likeness (QED) is 0.561. The molecule has 0 radical (unpaired) electrons. The van der Waals surface area contributed by atoms with Gasteiger partial charge in [0.1, 0.15) is 0 Å². The van der Waals surface area contributed by atoms with E-state index in [1.807, 2.05) is 6.92 Å². The van der Waals surface area contributed by atoms with Crippen molar-refractivity contribution in [3.8, 4) is 0 Å². The Labute approximate surface area is 69.4 Å². The van der Waals surface area contributed by atoms with Crippen molar-refractivity contribution in [2.24, 2.45) is 5.92 Å². The van der Waals surface area contributed by atoms with Crippen LogP contribution in [-0.2, 0) is 0 Å². The molecule has 1 aliphatic rings. The Hall–Kier alpha value is -0.0800. The van der Waals surface area contributed by atoms with Gasteiger partial charge in [0, 0.05) is 12.8 Å². The van der Waals surface area contributed by atoms with Gasteiger partial charge in [-0.25, -0.2) is 0 Å². The zero-order valence-electron chi connectivity index (χ0n) is 7.88. The van der Waals surface area contributed by atoms with Crippen LogP contribution < -0.4 is 0 Å². The maximum Gasteiger partial charge on any atom is 0.0786 e. The van der Waals surface area contributed by atoms with Crippen LogP contribution in [0.1, 0.15) is 19.8 Å². The Morgan fingerprint density at radius 3 is 2.09 bits per heavy atom. The van der Waals surface area contributed by atoms with Gasteiger partial charge in [-0.1, -0.05) is 0 Å². The van der Waals surface area contributed by atoms with E-state index in [4.69, 9.17) is 0 Å². The molecule has 1 atom stereocenters. The first-order chi connectivity index (χ1) is 5.01. The van der Waals surface area contributed by atoms with Crippen LogP contribution in [0.4, 0.5) is 0 Å². The molecule has 1 aliphatic heterocycles. The molecular formula is C9H20NO+. The van der Waals surface area contributed by atoms with Crippen LogP contribution in [0.2, 0.25) is 0 Å². The minimum Gasteiger partial charge on any atom is -0.393 e. The van der Waals surface area contributed by atoms with E-state index in [-0.39, 0.29) is 6.10 Å². The second kappa shape index (κ2) is 3.11. The number of hydrogen-bond acceptors (Lipinski definition) is 1. The number of rotatable bonds is 1. The van der Waals surface area contributed by atoms with Crippen molar-refractivity contribution in [3.63, 3.8) is 0 Å². The van der Waals surface area contributed by atoms with E-state index in [1.54, 1.807) is 0 Å². The van der Waals surface area contributed by atoms with Gasteiger partial charge in [0.05, 0.1) is 33.3 Å². The molecule has 0 aromatic heterocycles. The molecule has 0 spiro atoms. The molecule has 0 bridgehead atoms. The molecule has 1 saturated heterocycles. The van der Waals surface area contributed by atoms with E-state index in [1.165, 1.54) is 25.9 Å². The van der Waals surface area contributed by atoms with Crippen LogP contribution in [0.25, 0.3) is 0 Å². The lowest BCUT2D eigenvalue weighted by Crippen LogP contribution is -2.47. The summed E-state index contributed by atoms with van der Waals surface area (Å²) < 4.78 is 1.13. The normalized spacial score (nSPS) is 28.4. The Morgan fingerprint density at radius 1 is 1.27 bits per heavy atom. The van der Waals surface area contributed by atoms with E-state index in [0.29, 0.717) is 5.92 Å². The Kier molecular flexibility index (Phi) is 2.55. The lowest BCUT2D eigenvalue weighted by molar-refractivity contribution is -0.896. The van der Waals surface area contributed by atoms with Crippen LogP contribution in [0, 0.1) is 5.92 Å². The smallest absolute Gasteiger partial charge is 0.0786 e. The van der Waals surface area contributed by atoms with Gasteiger partial charge >= 0.3 is 0 Å². The van der Waals surface area contributed by atoms with Crippen LogP contribution in [0.3, 0.4) is 0 Å². The summed E-state index contributed by atoms with van der Waals surface area (Å²) in [6, 6.07) is 0. The van der Waals surface area contributed by atoms with Gasteiger partial charge in [-0.05, 0) is 12.8 Å². The van der Waals surface area contributed by atoms with Crippen molar-refractivity contribution in [1.82, 2.24) is 0 Å². The highest BCUT2D eigenvalue weighted by atomic mass is 16.3. The molecule has 1 N–H and O–H groups in total. The Morgan fingerprint density at radius 2 is 1.73 bits per heavy atom. The molecule has 0 aromatic rings. The summed E-state index contributed by atoms with van der Waals surface area (Å²) in [7, 11) is 4.52. The summed E-state index contributed by atoms with van der Waals surface area (Å²) in [5.74, 6) is 0.557. The van der Waals surface area contributed by atoms with Gasteiger partial charge in [-0.15, -0.1) is 0 Å². The van der Waals surface area contributed by atoms with Gasteiger partial charge in [-0.3, -0.25) is 0 Å². The molecule has 0 aromatic carbocycles. The fourth-order valence-electron chi connectivity index (χ4n) is 1.77. The molecule has 0 saturated carbocycles. The Bertz CT molecular complexity index is 122. The highest BCUT2D eigenvalue weighted by molar-refractivity contribution is 4.68. The molecule has 0 amide bonds. The minimum absolute atomic E-state index is 0.102. The van der Waals surface area contributed by atoms with Crippen molar-refractivity contribution in [2.75, 3.05) is 27.2 Å². The highest BCUT2D eigenvalue weighted by Gasteiger charge is 2.28. The molecule has 1 heterocycles. The van der Waals surface area contributed by atoms with Crippen molar-refractivity contribution >= 4 is 0 Å². The second-order valence-electron chi connectivity index (χ2n) is 4.46. The number of aliphatic hydroxyl groups excluding tert-OH is 1. The van der Waals surface area contributed by atoms with Crippen molar-refractivity contribution in [3.05, 3.63) is 0 Å². The van der Waals surface area contributed by atoms with Crippen LogP contribution >= 0.6 is 0 Å². The van der Waals surface area contributed by atoms with Crippen molar-refractivity contribution in [1.29, 1.82) is 0 Å². The third-order valence-electron chi connectivity index (χ3n) is 2.89. The maximum atomic E-state index is 9.34. The maximum absolute atomic E-state index is 9.34. The largest absolute Gasteiger partial charge is 0.393 e. The van der Waals surface area contributed by atoms with Crippen LogP contribution in [0.15, 0.2) is 0 Å². The minimum atomic E-state index is -0.102. The van der Waals surface area contributed by atoms with E-state index >= 15 is 0 Å². The topological polar surface area (TPSA) is 20.2 Å². The van der Waals surface area contributed by atoms with Crippen LogP contribution in [-0.4, -0.2) is 42.9 Å². The highest BCUT2D eigenvalue weighted by Crippen LogP contribution is 2.22. The van der Waals surface area contributed by atoms with Crippen LogP contribution in [0.5, 0.6) is 0 Å². The third-order valence-corrected chi connectivity index (χ3v) is 2.89. The zero-order chi connectivity index (χ0) is 8.48. The van der Waals surface area contributed by atoms with Gasteiger partial charge in [-0.2, -0.15) is 0 Å². The average Bonchev–Trinajstić information content (AvgIpc) is 1.86. The number of nitrogens with zero attached hydrogens (tertiary/aromatic N) is 1. The molecule has 11 heavy (non-hydrogen) atoms. The number of hydrogen-bond donors (Lipinski definition) is 1. The summed E-state index contributed by atoms with van der Waals surface area (Å²) in [6.07, 6.45) is 2.27. The van der Waals surface area contributed by atoms with E-state index in [2.05, 4.69) is 14.1 Å². The second-order valence-corrected chi connectivity index (χ2v) is 4.46. The molecule has 2 heteroatoms.